The highest BCUT2D eigenvalue weighted by atomic mass is 32.2. The maximum absolute atomic E-state index is 12.4. The average Bonchev–Trinajstić information content (AvgIpc) is 3.01. The molecule has 0 spiro atoms. The summed E-state index contributed by atoms with van der Waals surface area (Å²) in [5.41, 5.74) is 1.78. The van der Waals surface area contributed by atoms with Crippen molar-refractivity contribution >= 4 is 29.0 Å². The van der Waals surface area contributed by atoms with E-state index in [4.69, 9.17) is 4.74 Å². The van der Waals surface area contributed by atoms with Gasteiger partial charge in [0.1, 0.15) is 0 Å². The molecule has 136 valence electrons. The summed E-state index contributed by atoms with van der Waals surface area (Å²) in [7, 11) is 0. The lowest BCUT2D eigenvalue weighted by atomic mass is 10.2. The van der Waals surface area contributed by atoms with Crippen LogP contribution >= 0.6 is 23.1 Å². The van der Waals surface area contributed by atoms with Gasteiger partial charge in [-0.05, 0) is 31.4 Å². The van der Waals surface area contributed by atoms with Crippen LogP contribution in [0.3, 0.4) is 0 Å². The molecule has 1 aromatic heterocycles. The molecule has 25 heavy (non-hydrogen) atoms. The molecule has 0 unspecified atom stereocenters. The number of carbonyl (C=O) groups excluding carboxylic acids is 1. The molecule has 0 fully saturated rings. The molecule has 0 saturated heterocycles. The van der Waals surface area contributed by atoms with Gasteiger partial charge in [-0.2, -0.15) is 0 Å². The number of aryl methyl sites for hydroxylation is 1. The fourth-order valence-electron chi connectivity index (χ4n) is 2.20. The first-order valence-electron chi connectivity index (χ1n) is 8.55. The second-order valence-corrected chi connectivity index (χ2v) is 8.30. The Labute approximate surface area is 158 Å². The molecule has 0 aliphatic heterocycles. The molecule has 1 heterocycles. The van der Waals surface area contributed by atoms with Crippen molar-refractivity contribution in [3.8, 4) is 0 Å². The van der Waals surface area contributed by atoms with Crippen LogP contribution in [0.25, 0.3) is 0 Å². The molecule has 0 aliphatic rings. The average molecular weight is 379 g/mol. The zero-order valence-corrected chi connectivity index (χ0v) is 16.7. The number of amides is 1. The Morgan fingerprint density at radius 3 is 2.88 bits per heavy atom. The van der Waals surface area contributed by atoms with E-state index in [1.54, 1.807) is 23.1 Å². The van der Waals surface area contributed by atoms with Gasteiger partial charge < -0.3 is 10.1 Å². The number of nitrogens with one attached hydrogen (secondary N) is 1. The summed E-state index contributed by atoms with van der Waals surface area (Å²) >= 11 is 3.30. The summed E-state index contributed by atoms with van der Waals surface area (Å²) in [6.45, 7) is 8.33. The summed E-state index contributed by atoms with van der Waals surface area (Å²) in [5.74, 6) is 1.29. The largest absolute Gasteiger partial charge is 0.381 e. The highest BCUT2D eigenvalue weighted by Gasteiger charge is 2.11. The van der Waals surface area contributed by atoms with Gasteiger partial charge in [-0.15, -0.1) is 23.1 Å². The van der Waals surface area contributed by atoms with Gasteiger partial charge in [0.05, 0.1) is 16.3 Å². The number of thioether (sulfide) groups is 1. The topological polar surface area (TPSA) is 51.2 Å². The van der Waals surface area contributed by atoms with Gasteiger partial charge in [0.25, 0.3) is 5.91 Å². The quantitative estimate of drug-likeness (QED) is 0.487. The van der Waals surface area contributed by atoms with Crippen LogP contribution in [0.4, 0.5) is 0 Å². The molecule has 0 bridgehead atoms. The van der Waals surface area contributed by atoms with Crippen molar-refractivity contribution in [2.24, 2.45) is 5.92 Å². The van der Waals surface area contributed by atoms with Crippen LogP contribution in [0.5, 0.6) is 0 Å². The zero-order chi connectivity index (χ0) is 18.1. The van der Waals surface area contributed by atoms with Gasteiger partial charge in [0.2, 0.25) is 0 Å². The van der Waals surface area contributed by atoms with E-state index >= 15 is 0 Å². The second kappa shape index (κ2) is 10.6. The highest BCUT2D eigenvalue weighted by Crippen LogP contribution is 2.26. The molecule has 0 aliphatic carbocycles. The Morgan fingerprint density at radius 2 is 2.16 bits per heavy atom. The van der Waals surface area contributed by atoms with Crippen molar-refractivity contribution in [2.75, 3.05) is 19.8 Å². The van der Waals surface area contributed by atoms with Crippen LogP contribution in [0.15, 0.2) is 34.5 Å². The number of nitrogens with zero attached hydrogens (tertiary/aromatic N) is 1. The molecule has 0 atom stereocenters. The molecular weight excluding hydrogens is 352 g/mol. The minimum Gasteiger partial charge on any atom is -0.381 e. The molecule has 6 heteroatoms. The van der Waals surface area contributed by atoms with E-state index in [1.807, 2.05) is 31.2 Å². The fourth-order valence-corrected chi connectivity index (χ4v) is 3.86. The normalized spacial score (nSPS) is 11.0. The van der Waals surface area contributed by atoms with Crippen molar-refractivity contribution in [3.63, 3.8) is 0 Å². The summed E-state index contributed by atoms with van der Waals surface area (Å²) in [5, 5.41) is 6.13. The van der Waals surface area contributed by atoms with Crippen LogP contribution in [-0.2, 0) is 10.5 Å². The monoisotopic (exact) mass is 378 g/mol. The minimum absolute atomic E-state index is 0.0265. The van der Waals surface area contributed by atoms with Gasteiger partial charge in [-0.1, -0.05) is 26.0 Å². The first kappa shape index (κ1) is 19.9. The van der Waals surface area contributed by atoms with Crippen molar-refractivity contribution < 1.29 is 9.53 Å². The predicted molar refractivity (Wildman–Crippen MR) is 105 cm³/mol. The lowest BCUT2D eigenvalue weighted by Crippen LogP contribution is -2.26. The van der Waals surface area contributed by atoms with Crippen molar-refractivity contribution in [1.82, 2.24) is 10.3 Å². The van der Waals surface area contributed by atoms with E-state index in [1.165, 1.54) is 0 Å². The Hall–Kier alpha value is -1.37. The van der Waals surface area contributed by atoms with E-state index in [0.29, 0.717) is 19.1 Å². The molecule has 0 saturated carbocycles. The molecule has 4 nitrogen and oxygen atoms in total. The van der Waals surface area contributed by atoms with Gasteiger partial charge >= 0.3 is 0 Å². The number of carbonyl (C=O) groups is 1. The van der Waals surface area contributed by atoms with E-state index in [0.717, 1.165) is 39.9 Å². The number of hydrogen-bond acceptors (Lipinski definition) is 5. The number of rotatable bonds is 10. The first-order chi connectivity index (χ1) is 12.1. The van der Waals surface area contributed by atoms with Crippen molar-refractivity contribution in [1.29, 1.82) is 0 Å². The maximum atomic E-state index is 12.4. The highest BCUT2D eigenvalue weighted by molar-refractivity contribution is 7.98. The van der Waals surface area contributed by atoms with E-state index in [9.17, 15) is 4.79 Å². The molecule has 0 radical (unpaired) electrons. The van der Waals surface area contributed by atoms with Crippen molar-refractivity contribution in [2.45, 2.75) is 37.8 Å². The lowest BCUT2D eigenvalue weighted by molar-refractivity contribution is 0.0922. The Balaban J connectivity index is 1.81. The minimum atomic E-state index is -0.0265. The first-order valence-corrected chi connectivity index (χ1v) is 10.4. The summed E-state index contributed by atoms with van der Waals surface area (Å²) in [4.78, 5) is 17.9. The molecular formula is C19H26N2O2S2. The predicted octanol–water partition coefficient (Wildman–Crippen LogP) is 4.54. The smallest absolute Gasteiger partial charge is 0.252 e. The van der Waals surface area contributed by atoms with Crippen LogP contribution < -0.4 is 5.32 Å². The van der Waals surface area contributed by atoms with Crippen LogP contribution in [0.1, 0.15) is 41.3 Å². The maximum Gasteiger partial charge on any atom is 0.252 e. The lowest BCUT2D eigenvalue weighted by Gasteiger charge is -2.10. The number of hydrogen-bond donors (Lipinski definition) is 1. The van der Waals surface area contributed by atoms with Gasteiger partial charge in [0.15, 0.2) is 0 Å². The van der Waals surface area contributed by atoms with Crippen LogP contribution in [-0.4, -0.2) is 30.6 Å². The van der Waals surface area contributed by atoms with Gasteiger partial charge in [-0.25, -0.2) is 4.98 Å². The van der Waals surface area contributed by atoms with E-state index < -0.39 is 0 Å². The van der Waals surface area contributed by atoms with Gasteiger partial charge in [0, 0.05) is 35.8 Å². The number of ether oxygens (including phenoxy) is 1. The number of benzene rings is 1. The Morgan fingerprint density at radius 1 is 1.36 bits per heavy atom. The van der Waals surface area contributed by atoms with E-state index in [2.05, 4.69) is 29.5 Å². The molecule has 2 aromatic rings. The third-order valence-corrected chi connectivity index (χ3v) is 5.31. The third-order valence-electron chi connectivity index (χ3n) is 3.38. The Kier molecular flexibility index (Phi) is 8.44. The third kappa shape index (κ3) is 7.18. The molecule has 2 rings (SSSR count). The standard InChI is InChI=1S/C19H26N2O2S2/c1-14(2)11-23-10-6-9-20-19(22)17-7-4-5-8-18(17)25-13-16-12-24-15(3)21-16/h4-5,7-8,12,14H,6,9-11,13H2,1-3H3,(H,20,22). The molecule has 1 amide bonds. The number of aromatic nitrogens is 1. The zero-order valence-electron chi connectivity index (χ0n) is 15.1. The second-order valence-electron chi connectivity index (χ2n) is 6.22. The fraction of sp³-hybridized carbons (Fsp3) is 0.474. The Bertz CT molecular complexity index is 671. The van der Waals surface area contributed by atoms with Crippen LogP contribution in [0, 0.1) is 12.8 Å². The number of thiazole rings is 1. The molecule has 1 N–H and O–H groups in total. The summed E-state index contributed by atoms with van der Waals surface area (Å²) in [6, 6.07) is 7.73. The van der Waals surface area contributed by atoms with Gasteiger partial charge in [-0.3, -0.25) is 4.79 Å². The van der Waals surface area contributed by atoms with Crippen molar-refractivity contribution in [3.05, 3.63) is 45.9 Å². The molecule has 1 aromatic carbocycles. The van der Waals surface area contributed by atoms with E-state index in [-0.39, 0.29) is 5.91 Å². The summed E-state index contributed by atoms with van der Waals surface area (Å²) in [6.07, 6.45) is 0.825. The SMILES string of the molecule is Cc1nc(CSc2ccccc2C(=O)NCCCOCC(C)C)cs1. The van der Waals surface area contributed by atoms with Crippen LogP contribution in [0.2, 0.25) is 0 Å². The summed E-state index contributed by atoms with van der Waals surface area (Å²) < 4.78 is 5.53.